The first-order chi connectivity index (χ1) is 30.2. The van der Waals surface area contributed by atoms with Crippen LogP contribution in [0.25, 0.3) is 77.5 Å². The molecule has 3 fully saturated rings. The van der Waals surface area contributed by atoms with Crippen LogP contribution in [0.15, 0.2) is 157 Å². The molecule has 1 aliphatic heterocycles. The second-order valence-electron chi connectivity index (χ2n) is 19.6. The van der Waals surface area contributed by atoms with E-state index in [1.54, 1.807) is 22.3 Å². The molecule has 8 aromatic carbocycles. The smallest absolute Gasteiger partial charge is 1.00 e. The zero-order chi connectivity index (χ0) is 40.1. The van der Waals surface area contributed by atoms with E-state index in [9.17, 15) is 0 Å². The van der Waals surface area contributed by atoms with Crippen LogP contribution in [-0.4, -0.2) is 0 Å². The molecule has 0 N–H and O–H groups in total. The van der Waals surface area contributed by atoms with Crippen molar-refractivity contribution in [1.29, 1.82) is 0 Å². The van der Waals surface area contributed by atoms with Crippen molar-refractivity contribution < 1.29 is 44.8 Å². The van der Waals surface area contributed by atoms with E-state index in [0.29, 0.717) is 7.35 Å². The van der Waals surface area contributed by atoms with Crippen LogP contribution < -0.4 is 24.8 Å². The number of benzene rings is 8. The van der Waals surface area contributed by atoms with E-state index in [1.165, 1.54) is 138 Å². The van der Waals surface area contributed by atoms with Gasteiger partial charge < -0.3 is 24.8 Å². The van der Waals surface area contributed by atoms with Crippen molar-refractivity contribution in [2.45, 2.75) is 79.9 Å². The summed E-state index contributed by atoms with van der Waals surface area (Å²) < 4.78 is 4.38. The monoisotopic (exact) mass is 1020 g/mol. The Morgan fingerprint density at radius 1 is 0.365 bits per heavy atom. The Labute approximate surface area is 390 Å². The molecule has 13 rings (SSSR count). The molecule has 0 nitrogen and oxygen atoms in total. The van der Waals surface area contributed by atoms with Gasteiger partial charge >= 0.3 is 368 Å². The fourth-order valence-electron chi connectivity index (χ4n) is 13.6. The van der Waals surface area contributed by atoms with Gasteiger partial charge in [0.2, 0.25) is 0 Å². The maximum Gasteiger partial charge on any atom is -1.00 e. The van der Waals surface area contributed by atoms with E-state index in [-0.39, 0.29) is 24.8 Å². The van der Waals surface area contributed by atoms with Crippen LogP contribution in [0.1, 0.15) is 93.8 Å². The zero-order valence-electron chi connectivity index (χ0n) is 36.1. The molecular formula is C60H54Cl2Hf. The summed E-state index contributed by atoms with van der Waals surface area (Å²) in [6.45, 7) is 0. The topological polar surface area (TPSA) is 0 Å². The third-order valence-electron chi connectivity index (χ3n) is 16.4. The van der Waals surface area contributed by atoms with Crippen LogP contribution in [0.2, 0.25) is 8.35 Å². The van der Waals surface area contributed by atoms with Crippen molar-refractivity contribution >= 4 is 55.2 Å². The van der Waals surface area contributed by atoms with Gasteiger partial charge in [-0.25, -0.2) is 0 Å². The van der Waals surface area contributed by atoms with Crippen LogP contribution in [0.4, 0.5) is 0 Å². The maximum absolute atomic E-state index is 3.28. The molecule has 2 unspecified atom stereocenters. The summed E-state index contributed by atoms with van der Waals surface area (Å²) in [5.41, 5.74) is 16.1. The average Bonchev–Trinajstić information content (AvgIpc) is 3.84. The Morgan fingerprint density at radius 3 is 1.06 bits per heavy atom. The molecule has 8 aromatic rings. The minimum Gasteiger partial charge on any atom is -1.00 e. The second kappa shape index (κ2) is 16.6. The first-order valence-corrected chi connectivity index (χ1v) is 33.0. The SMILES string of the molecule is C1=C(C2CCCCC2)[CH]([Hf+2]2([CH]3C(C4CCCCC4)=Cc4c(-c5c6ccccc6cc6ccccc56)cccc43)[CH2][CH2]2)c2cccc(-c3c4ccccc4cc4ccccc34)c21.[Cl-].[Cl-]. The molecule has 0 bridgehead atoms. The third kappa shape index (κ3) is 6.61. The van der Waals surface area contributed by atoms with Gasteiger partial charge in [0.15, 0.2) is 0 Å². The molecule has 63 heavy (non-hydrogen) atoms. The quantitative estimate of drug-likeness (QED) is 0.115. The van der Waals surface area contributed by atoms with E-state index in [2.05, 4.69) is 158 Å². The predicted octanol–water partition coefficient (Wildman–Crippen LogP) is 11.4. The van der Waals surface area contributed by atoms with Crippen molar-refractivity contribution in [3.05, 3.63) is 179 Å². The van der Waals surface area contributed by atoms with Crippen LogP contribution in [0.5, 0.6) is 0 Å². The Morgan fingerprint density at radius 2 is 0.714 bits per heavy atom. The molecular weight excluding hydrogens is 970 g/mol. The van der Waals surface area contributed by atoms with E-state index in [0.717, 1.165) is 11.8 Å². The summed E-state index contributed by atoms with van der Waals surface area (Å²) in [6.07, 6.45) is 19.5. The Balaban J connectivity index is 0.00000222. The Bertz CT molecular complexity index is 2820. The minimum atomic E-state index is -3.28. The van der Waals surface area contributed by atoms with Gasteiger partial charge in [-0.3, -0.25) is 0 Å². The van der Waals surface area contributed by atoms with E-state index < -0.39 is 20.0 Å². The number of allylic oxidation sites excluding steroid dienone is 2. The van der Waals surface area contributed by atoms with Crippen LogP contribution in [-0.2, 0) is 20.0 Å². The Hall–Kier alpha value is -4.27. The molecule has 0 spiro atoms. The number of rotatable bonds is 6. The third-order valence-corrected chi connectivity index (χ3v) is 35.2. The molecule has 0 amide bonds. The summed E-state index contributed by atoms with van der Waals surface area (Å²) in [4.78, 5) is 0. The van der Waals surface area contributed by atoms with Gasteiger partial charge in [-0.2, -0.15) is 0 Å². The van der Waals surface area contributed by atoms with Gasteiger partial charge in [-0.05, 0) is 0 Å². The van der Waals surface area contributed by atoms with Gasteiger partial charge in [0.25, 0.3) is 0 Å². The summed E-state index contributed by atoms with van der Waals surface area (Å²) in [5, 5.41) is 10.9. The molecule has 312 valence electrons. The standard InChI is InChI=1S/2C29H25.C2H4.2ClH.Hf/c2*1-2-9-20(10-3-1)24-18-23-13-8-16-27(28(23)19-24)29-25-14-6-4-11-21(25)17-22-12-5-7-15-26(22)29;1-2;;;/h2*4-8,11-20H,1-3,9-10H2;1-2H2;2*1H;/q;;;;;+2/p-2. The number of hydrogen-bond acceptors (Lipinski definition) is 0. The molecule has 1 heterocycles. The van der Waals surface area contributed by atoms with Crippen molar-refractivity contribution in [3.8, 4) is 22.3 Å². The van der Waals surface area contributed by atoms with Gasteiger partial charge in [0.1, 0.15) is 0 Å². The molecule has 5 aliphatic rings. The van der Waals surface area contributed by atoms with E-state index in [1.807, 2.05) is 11.1 Å². The summed E-state index contributed by atoms with van der Waals surface area (Å²) in [6, 6.07) is 56.6. The number of hydrogen-bond donors (Lipinski definition) is 0. The first kappa shape index (κ1) is 41.4. The van der Waals surface area contributed by atoms with E-state index in [4.69, 9.17) is 0 Å². The number of halogens is 2. The molecule has 0 radical (unpaired) electrons. The molecule has 4 aliphatic carbocycles. The van der Waals surface area contributed by atoms with Crippen LogP contribution in [0.3, 0.4) is 0 Å². The normalized spacial score (nSPS) is 20.0. The minimum absolute atomic E-state index is 0. The van der Waals surface area contributed by atoms with Gasteiger partial charge in [-0.1, -0.05) is 0 Å². The van der Waals surface area contributed by atoms with Crippen molar-refractivity contribution in [3.63, 3.8) is 0 Å². The maximum atomic E-state index is 2.83. The largest absolute Gasteiger partial charge is 1.00 e. The van der Waals surface area contributed by atoms with Crippen molar-refractivity contribution in [1.82, 2.24) is 0 Å². The average molecular weight is 1020 g/mol. The number of fused-ring (bicyclic) bond motifs is 6. The van der Waals surface area contributed by atoms with Gasteiger partial charge in [0, 0.05) is 0 Å². The van der Waals surface area contributed by atoms with Crippen molar-refractivity contribution in [2.75, 3.05) is 0 Å². The Kier molecular flexibility index (Phi) is 10.9. The molecule has 3 heteroatoms. The summed E-state index contributed by atoms with van der Waals surface area (Å²) in [7, 11) is 0. The predicted molar refractivity (Wildman–Crippen MR) is 258 cm³/mol. The van der Waals surface area contributed by atoms with Crippen LogP contribution in [0, 0.1) is 11.8 Å². The fourth-order valence-corrected chi connectivity index (χ4v) is 41.8. The first-order valence-electron chi connectivity index (χ1n) is 23.8. The summed E-state index contributed by atoms with van der Waals surface area (Å²) >= 11 is -3.28. The van der Waals surface area contributed by atoms with Gasteiger partial charge in [0.05, 0.1) is 0 Å². The second-order valence-corrected chi connectivity index (χ2v) is 36.2. The van der Waals surface area contributed by atoms with E-state index >= 15 is 0 Å². The zero-order valence-corrected chi connectivity index (χ0v) is 41.2. The van der Waals surface area contributed by atoms with Crippen LogP contribution >= 0.6 is 0 Å². The molecule has 2 saturated carbocycles. The molecule has 0 aromatic heterocycles. The van der Waals surface area contributed by atoms with Gasteiger partial charge in [-0.15, -0.1) is 0 Å². The molecule has 2 atom stereocenters. The molecule has 1 saturated heterocycles. The summed E-state index contributed by atoms with van der Waals surface area (Å²) in [5.74, 6) is 1.44. The van der Waals surface area contributed by atoms with Crippen molar-refractivity contribution in [2.24, 2.45) is 11.8 Å². The fraction of sp³-hybridized carbons (Fsp3) is 0.267.